The maximum atomic E-state index is 10.5. The second-order valence-corrected chi connectivity index (χ2v) is 4.45. The molecule has 96 valence electrons. The third-order valence-electron chi connectivity index (χ3n) is 2.63. The molecule has 0 bridgehead atoms. The summed E-state index contributed by atoms with van der Waals surface area (Å²) in [6, 6.07) is 0. The van der Waals surface area contributed by atoms with Crippen LogP contribution in [0, 0.1) is 11.8 Å². The molecule has 0 spiro atoms. The van der Waals surface area contributed by atoms with Crippen LogP contribution in [-0.4, -0.2) is 36.0 Å². The lowest BCUT2D eigenvalue weighted by molar-refractivity contribution is -0.148. The minimum atomic E-state index is -0.0382. The van der Waals surface area contributed by atoms with Crippen molar-refractivity contribution in [2.45, 2.75) is 39.5 Å². The molecular weight excluding hydrogens is 208 g/mol. The fraction of sp³-hybridized carbons (Fsp3) is 0.917. The fourth-order valence-electron chi connectivity index (χ4n) is 1.40. The third-order valence-corrected chi connectivity index (χ3v) is 2.63. The Morgan fingerprint density at radius 3 is 2.25 bits per heavy atom. The molecule has 1 fully saturated rings. The summed E-state index contributed by atoms with van der Waals surface area (Å²) in [6.45, 7) is 5.19. The molecule has 0 saturated carbocycles. The quantitative estimate of drug-likeness (QED) is 0.718. The van der Waals surface area contributed by atoms with E-state index in [2.05, 4.69) is 6.92 Å². The number of ether oxygens (including phenoxy) is 1. The van der Waals surface area contributed by atoms with Crippen molar-refractivity contribution in [1.29, 1.82) is 0 Å². The summed E-state index contributed by atoms with van der Waals surface area (Å²) in [5.41, 5.74) is 0. The van der Waals surface area contributed by atoms with Crippen LogP contribution in [0.1, 0.15) is 39.5 Å². The summed E-state index contributed by atoms with van der Waals surface area (Å²) in [5.74, 6) is 0.963. The SMILES string of the molecule is CC(CCO)CCO.CC1CCOC(=O)C1. The van der Waals surface area contributed by atoms with Gasteiger partial charge in [-0.1, -0.05) is 13.8 Å². The summed E-state index contributed by atoms with van der Waals surface area (Å²) in [7, 11) is 0. The van der Waals surface area contributed by atoms with Crippen LogP contribution in [0.15, 0.2) is 0 Å². The van der Waals surface area contributed by atoms with Crippen LogP contribution >= 0.6 is 0 Å². The van der Waals surface area contributed by atoms with Crippen molar-refractivity contribution in [3.05, 3.63) is 0 Å². The van der Waals surface area contributed by atoms with Crippen molar-refractivity contribution in [3.63, 3.8) is 0 Å². The highest BCUT2D eigenvalue weighted by Gasteiger charge is 2.15. The van der Waals surface area contributed by atoms with Gasteiger partial charge in [0.15, 0.2) is 0 Å². The molecule has 4 nitrogen and oxygen atoms in total. The monoisotopic (exact) mass is 232 g/mol. The van der Waals surface area contributed by atoms with Gasteiger partial charge in [-0.05, 0) is 31.1 Å². The van der Waals surface area contributed by atoms with Crippen molar-refractivity contribution in [3.8, 4) is 0 Å². The van der Waals surface area contributed by atoms with Crippen LogP contribution in [-0.2, 0) is 9.53 Å². The summed E-state index contributed by atoms with van der Waals surface area (Å²) in [5, 5.41) is 16.8. The maximum Gasteiger partial charge on any atom is 0.306 e. The second kappa shape index (κ2) is 9.60. The molecule has 0 aromatic carbocycles. The zero-order chi connectivity index (χ0) is 12.4. The Labute approximate surface area is 97.6 Å². The van der Waals surface area contributed by atoms with Crippen molar-refractivity contribution in [1.82, 2.24) is 0 Å². The van der Waals surface area contributed by atoms with Crippen molar-refractivity contribution >= 4 is 5.97 Å². The first kappa shape index (κ1) is 15.4. The standard InChI is InChI=1S/C6H10O2.C6H14O2/c1-5-2-3-8-6(7)4-5;1-6(2-4-7)3-5-8/h5H,2-4H2,1H3;6-8H,2-5H2,1H3. The zero-order valence-electron chi connectivity index (χ0n) is 10.3. The number of aliphatic hydroxyl groups excluding tert-OH is 2. The molecule has 1 saturated heterocycles. The Bertz CT molecular complexity index is 176. The highest BCUT2D eigenvalue weighted by molar-refractivity contribution is 5.70. The number of rotatable bonds is 4. The molecule has 1 heterocycles. The summed E-state index contributed by atoms with van der Waals surface area (Å²) >= 11 is 0. The lowest BCUT2D eigenvalue weighted by Crippen LogP contribution is -2.18. The number of hydrogen-bond acceptors (Lipinski definition) is 4. The molecule has 4 heteroatoms. The van der Waals surface area contributed by atoms with Crippen molar-refractivity contribution in [2.75, 3.05) is 19.8 Å². The van der Waals surface area contributed by atoms with Gasteiger partial charge in [0.2, 0.25) is 0 Å². The average Bonchev–Trinajstić information content (AvgIpc) is 2.18. The number of hydrogen-bond donors (Lipinski definition) is 2. The van der Waals surface area contributed by atoms with Gasteiger partial charge in [-0.15, -0.1) is 0 Å². The van der Waals surface area contributed by atoms with Crippen LogP contribution in [0.4, 0.5) is 0 Å². The van der Waals surface area contributed by atoms with E-state index in [4.69, 9.17) is 14.9 Å². The van der Waals surface area contributed by atoms with Crippen LogP contribution in [0.2, 0.25) is 0 Å². The third kappa shape index (κ3) is 8.68. The Balaban J connectivity index is 0.000000281. The molecule has 1 aliphatic heterocycles. The lowest BCUT2D eigenvalue weighted by Gasteiger charge is -2.16. The molecule has 0 aromatic rings. The number of cyclic esters (lactones) is 1. The van der Waals surface area contributed by atoms with Gasteiger partial charge in [-0.25, -0.2) is 0 Å². The first-order valence-electron chi connectivity index (χ1n) is 5.97. The number of esters is 1. The largest absolute Gasteiger partial charge is 0.466 e. The molecular formula is C12H24O4. The van der Waals surface area contributed by atoms with E-state index in [-0.39, 0.29) is 19.2 Å². The Kier molecular flexibility index (Phi) is 9.24. The highest BCUT2D eigenvalue weighted by Crippen LogP contribution is 2.13. The summed E-state index contributed by atoms with van der Waals surface area (Å²) in [4.78, 5) is 10.5. The van der Waals surface area contributed by atoms with Crippen LogP contribution in [0.5, 0.6) is 0 Å². The van der Waals surface area contributed by atoms with Gasteiger partial charge >= 0.3 is 5.97 Å². The van der Waals surface area contributed by atoms with E-state index >= 15 is 0 Å². The molecule has 0 amide bonds. The topological polar surface area (TPSA) is 66.8 Å². The maximum absolute atomic E-state index is 10.5. The Morgan fingerprint density at radius 2 is 1.94 bits per heavy atom. The van der Waals surface area contributed by atoms with Gasteiger partial charge in [0.1, 0.15) is 0 Å². The lowest BCUT2D eigenvalue weighted by atomic mass is 10.0. The predicted molar refractivity (Wildman–Crippen MR) is 61.9 cm³/mol. The molecule has 2 N–H and O–H groups in total. The Morgan fingerprint density at radius 1 is 1.38 bits per heavy atom. The minimum Gasteiger partial charge on any atom is -0.466 e. The molecule has 0 aromatic heterocycles. The van der Waals surface area contributed by atoms with Gasteiger partial charge in [-0.2, -0.15) is 0 Å². The molecule has 1 atom stereocenters. The normalized spacial score (nSPS) is 20.1. The van der Waals surface area contributed by atoms with E-state index in [1.54, 1.807) is 0 Å². The van der Waals surface area contributed by atoms with E-state index < -0.39 is 0 Å². The van der Waals surface area contributed by atoms with E-state index in [1.807, 2.05) is 6.92 Å². The second-order valence-electron chi connectivity index (χ2n) is 4.45. The predicted octanol–water partition coefficient (Wildman–Crippen LogP) is 1.35. The van der Waals surface area contributed by atoms with Crippen LogP contribution in [0.3, 0.4) is 0 Å². The van der Waals surface area contributed by atoms with E-state index in [0.717, 1.165) is 19.3 Å². The van der Waals surface area contributed by atoms with Crippen molar-refractivity contribution < 1.29 is 19.7 Å². The molecule has 0 aliphatic carbocycles. The fourth-order valence-corrected chi connectivity index (χ4v) is 1.40. The molecule has 1 aliphatic rings. The van der Waals surface area contributed by atoms with Gasteiger partial charge in [0, 0.05) is 19.6 Å². The van der Waals surface area contributed by atoms with E-state index in [9.17, 15) is 4.79 Å². The molecule has 1 unspecified atom stereocenters. The van der Waals surface area contributed by atoms with Gasteiger partial charge in [0.25, 0.3) is 0 Å². The first-order valence-corrected chi connectivity index (χ1v) is 5.97. The van der Waals surface area contributed by atoms with Gasteiger partial charge in [0.05, 0.1) is 6.61 Å². The van der Waals surface area contributed by atoms with Crippen molar-refractivity contribution in [2.24, 2.45) is 11.8 Å². The molecule has 1 rings (SSSR count). The zero-order valence-corrected chi connectivity index (χ0v) is 10.3. The highest BCUT2D eigenvalue weighted by atomic mass is 16.5. The number of aliphatic hydroxyl groups is 2. The van der Waals surface area contributed by atoms with Crippen LogP contribution < -0.4 is 0 Å². The van der Waals surface area contributed by atoms with Gasteiger partial charge < -0.3 is 14.9 Å². The summed E-state index contributed by atoms with van der Waals surface area (Å²) in [6.07, 6.45) is 3.26. The Hall–Kier alpha value is -0.610. The smallest absolute Gasteiger partial charge is 0.306 e. The van der Waals surface area contributed by atoms with E-state index in [0.29, 0.717) is 24.9 Å². The number of carbonyl (C=O) groups is 1. The average molecular weight is 232 g/mol. The molecule has 0 radical (unpaired) electrons. The van der Waals surface area contributed by atoms with Gasteiger partial charge in [-0.3, -0.25) is 4.79 Å². The first-order chi connectivity index (χ1) is 7.60. The summed E-state index contributed by atoms with van der Waals surface area (Å²) < 4.78 is 4.71. The number of carbonyl (C=O) groups excluding carboxylic acids is 1. The van der Waals surface area contributed by atoms with Crippen LogP contribution in [0.25, 0.3) is 0 Å². The molecule has 16 heavy (non-hydrogen) atoms. The van der Waals surface area contributed by atoms with E-state index in [1.165, 1.54) is 0 Å². The minimum absolute atomic E-state index is 0.0382.